The van der Waals surface area contributed by atoms with E-state index in [9.17, 15) is 5.11 Å². The molecule has 0 heterocycles. The fourth-order valence-electron chi connectivity index (χ4n) is 2.45. The summed E-state index contributed by atoms with van der Waals surface area (Å²) >= 11 is 3.51. The van der Waals surface area contributed by atoms with Crippen molar-refractivity contribution in [3.8, 4) is 5.75 Å². The van der Waals surface area contributed by atoms with E-state index in [0.717, 1.165) is 41.5 Å². The molecule has 19 heavy (non-hydrogen) atoms. The summed E-state index contributed by atoms with van der Waals surface area (Å²) < 4.78 is 6.41. The van der Waals surface area contributed by atoms with E-state index in [2.05, 4.69) is 29.8 Å². The van der Waals surface area contributed by atoms with Crippen LogP contribution in [0.5, 0.6) is 5.75 Å². The molecule has 0 saturated carbocycles. The summed E-state index contributed by atoms with van der Waals surface area (Å²) in [6, 6.07) is 5.88. The highest BCUT2D eigenvalue weighted by Gasteiger charge is 2.20. The van der Waals surface area contributed by atoms with Crippen molar-refractivity contribution in [3.63, 3.8) is 0 Å². The van der Waals surface area contributed by atoms with Gasteiger partial charge in [0.1, 0.15) is 5.75 Å². The molecule has 3 heteroatoms. The highest BCUT2D eigenvalue weighted by molar-refractivity contribution is 9.10. The Morgan fingerprint density at radius 1 is 1.16 bits per heavy atom. The summed E-state index contributed by atoms with van der Waals surface area (Å²) in [5.74, 6) is 1.18. The number of rotatable bonds is 8. The minimum Gasteiger partial charge on any atom is -0.493 e. The lowest BCUT2D eigenvalue weighted by atomic mass is 9.88. The predicted molar refractivity (Wildman–Crippen MR) is 83.6 cm³/mol. The summed E-state index contributed by atoms with van der Waals surface area (Å²) in [5.41, 5.74) is 0.974. The first-order chi connectivity index (χ1) is 9.13. The van der Waals surface area contributed by atoms with Gasteiger partial charge in [-0.15, -0.1) is 0 Å². The van der Waals surface area contributed by atoms with Crippen LogP contribution in [-0.4, -0.2) is 11.7 Å². The van der Waals surface area contributed by atoms with Crippen LogP contribution in [0.3, 0.4) is 0 Å². The van der Waals surface area contributed by atoms with Gasteiger partial charge in [-0.1, -0.05) is 32.8 Å². The number of aliphatic hydroxyl groups excluding tert-OH is 1. The van der Waals surface area contributed by atoms with E-state index in [1.807, 2.05) is 25.1 Å². The molecular formula is C16H25BrO2. The third-order valence-corrected chi connectivity index (χ3v) is 3.98. The highest BCUT2D eigenvalue weighted by Crippen LogP contribution is 2.34. The van der Waals surface area contributed by atoms with Gasteiger partial charge in [0.2, 0.25) is 0 Å². The smallest absolute Gasteiger partial charge is 0.133 e. The quantitative estimate of drug-likeness (QED) is 0.719. The van der Waals surface area contributed by atoms with Crippen LogP contribution in [0.15, 0.2) is 22.7 Å². The molecule has 0 fully saturated rings. The second kappa shape index (κ2) is 8.60. The van der Waals surface area contributed by atoms with Gasteiger partial charge >= 0.3 is 0 Å². The average Bonchev–Trinajstić information content (AvgIpc) is 2.40. The Morgan fingerprint density at radius 3 is 2.26 bits per heavy atom. The first-order valence-electron chi connectivity index (χ1n) is 7.24. The van der Waals surface area contributed by atoms with Gasteiger partial charge in [0, 0.05) is 0 Å². The summed E-state index contributed by atoms with van der Waals surface area (Å²) in [5, 5.41) is 10.5. The van der Waals surface area contributed by atoms with Crippen molar-refractivity contribution < 1.29 is 9.84 Å². The number of hydrogen-bond acceptors (Lipinski definition) is 2. The first kappa shape index (κ1) is 16.5. The number of benzene rings is 1. The summed E-state index contributed by atoms with van der Waals surface area (Å²) in [7, 11) is 0. The molecule has 1 rings (SSSR count). The van der Waals surface area contributed by atoms with E-state index in [1.165, 1.54) is 0 Å². The number of aliphatic hydroxyl groups is 1. The zero-order valence-corrected chi connectivity index (χ0v) is 13.7. The SMILES string of the molecule is CCCC(CCC)C(O)c1ccc(OCC)c(Br)c1. The monoisotopic (exact) mass is 328 g/mol. The molecule has 1 N–H and O–H groups in total. The zero-order chi connectivity index (χ0) is 14.3. The predicted octanol–water partition coefficient (Wildman–Crippen LogP) is 5.10. The lowest BCUT2D eigenvalue weighted by Crippen LogP contribution is -2.12. The van der Waals surface area contributed by atoms with Crippen molar-refractivity contribution in [2.75, 3.05) is 6.61 Å². The minimum absolute atomic E-state index is 0.347. The van der Waals surface area contributed by atoms with Gasteiger partial charge in [0.05, 0.1) is 17.2 Å². The van der Waals surface area contributed by atoms with E-state index >= 15 is 0 Å². The molecule has 0 aliphatic heterocycles. The van der Waals surface area contributed by atoms with Crippen molar-refractivity contribution in [2.24, 2.45) is 5.92 Å². The molecule has 0 aromatic heterocycles. The molecule has 1 unspecified atom stereocenters. The largest absolute Gasteiger partial charge is 0.493 e. The fraction of sp³-hybridized carbons (Fsp3) is 0.625. The molecule has 0 amide bonds. The summed E-state index contributed by atoms with van der Waals surface area (Å²) in [6.45, 7) is 6.95. The van der Waals surface area contributed by atoms with Crippen LogP contribution in [0.2, 0.25) is 0 Å². The molecule has 0 aliphatic carbocycles. The number of ether oxygens (including phenoxy) is 1. The van der Waals surface area contributed by atoms with Gasteiger partial charge in [-0.05, 0) is 59.3 Å². The van der Waals surface area contributed by atoms with Gasteiger partial charge < -0.3 is 9.84 Å². The van der Waals surface area contributed by atoms with Crippen LogP contribution in [0, 0.1) is 5.92 Å². The van der Waals surface area contributed by atoms with Gasteiger partial charge in [0.25, 0.3) is 0 Å². The third-order valence-electron chi connectivity index (χ3n) is 3.36. The molecule has 1 aromatic rings. The second-order valence-electron chi connectivity index (χ2n) is 4.91. The Hall–Kier alpha value is -0.540. The molecule has 108 valence electrons. The van der Waals surface area contributed by atoms with Gasteiger partial charge in [-0.2, -0.15) is 0 Å². The lowest BCUT2D eigenvalue weighted by molar-refractivity contribution is 0.0963. The topological polar surface area (TPSA) is 29.5 Å². The second-order valence-corrected chi connectivity index (χ2v) is 5.76. The molecule has 0 spiro atoms. The molecule has 1 atom stereocenters. The number of hydrogen-bond donors (Lipinski definition) is 1. The molecule has 0 saturated heterocycles. The maximum Gasteiger partial charge on any atom is 0.133 e. The van der Waals surface area contributed by atoms with Crippen LogP contribution >= 0.6 is 15.9 Å². The molecule has 0 bridgehead atoms. The Bertz CT molecular complexity index is 373. The van der Waals surface area contributed by atoms with Gasteiger partial charge in [-0.25, -0.2) is 0 Å². The molecule has 2 nitrogen and oxygen atoms in total. The standard InChI is InChI=1S/C16H25BrO2/c1-4-7-12(8-5-2)16(18)13-9-10-15(19-6-3)14(17)11-13/h9-12,16,18H,4-8H2,1-3H3. The van der Waals surface area contributed by atoms with Crippen LogP contribution in [0.4, 0.5) is 0 Å². The molecule has 1 aromatic carbocycles. The van der Waals surface area contributed by atoms with Crippen molar-refractivity contribution in [1.29, 1.82) is 0 Å². The van der Waals surface area contributed by atoms with E-state index in [4.69, 9.17) is 4.74 Å². The van der Waals surface area contributed by atoms with Crippen LogP contribution in [-0.2, 0) is 0 Å². The van der Waals surface area contributed by atoms with Crippen LogP contribution in [0.1, 0.15) is 58.1 Å². The fourth-order valence-corrected chi connectivity index (χ4v) is 2.96. The normalized spacial score (nSPS) is 12.7. The highest BCUT2D eigenvalue weighted by atomic mass is 79.9. The van der Waals surface area contributed by atoms with Crippen LogP contribution in [0.25, 0.3) is 0 Å². The lowest BCUT2D eigenvalue weighted by Gasteiger charge is -2.23. The van der Waals surface area contributed by atoms with E-state index in [0.29, 0.717) is 12.5 Å². The minimum atomic E-state index is -0.383. The van der Waals surface area contributed by atoms with E-state index in [-0.39, 0.29) is 6.10 Å². The van der Waals surface area contributed by atoms with Crippen LogP contribution < -0.4 is 4.74 Å². The molecule has 0 radical (unpaired) electrons. The Kier molecular flexibility index (Phi) is 7.47. The maximum atomic E-state index is 10.5. The third kappa shape index (κ3) is 4.81. The summed E-state index contributed by atoms with van der Waals surface area (Å²) in [4.78, 5) is 0. The van der Waals surface area contributed by atoms with E-state index < -0.39 is 0 Å². The van der Waals surface area contributed by atoms with E-state index in [1.54, 1.807) is 0 Å². The van der Waals surface area contributed by atoms with Gasteiger partial charge in [-0.3, -0.25) is 0 Å². The van der Waals surface area contributed by atoms with Gasteiger partial charge in [0.15, 0.2) is 0 Å². The first-order valence-corrected chi connectivity index (χ1v) is 8.03. The summed E-state index contributed by atoms with van der Waals surface area (Å²) in [6.07, 6.45) is 3.98. The Balaban J connectivity index is 2.85. The zero-order valence-electron chi connectivity index (χ0n) is 12.2. The van der Waals surface area contributed by atoms with Crippen molar-refractivity contribution in [2.45, 2.75) is 52.6 Å². The molecular weight excluding hydrogens is 304 g/mol. The van der Waals surface area contributed by atoms with Crippen molar-refractivity contribution >= 4 is 15.9 Å². The van der Waals surface area contributed by atoms with Crippen molar-refractivity contribution in [3.05, 3.63) is 28.2 Å². The van der Waals surface area contributed by atoms with Crippen molar-refractivity contribution in [1.82, 2.24) is 0 Å². The number of halogens is 1. The maximum absolute atomic E-state index is 10.5. The Labute approximate surface area is 125 Å². The molecule has 0 aliphatic rings. The Morgan fingerprint density at radius 2 is 1.79 bits per heavy atom. The average molecular weight is 329 g/mol.